The summed E-state index contributed by atoms with van der Waals surface area (Å²) < 4.78 is 0. The molecule has 3 rings (SSSR count). The standard InChI is InChI=1S/C17H17N5/c1-11-5-6-14-15(7-11)21-10-22-17(14)20-9-12-3-2-4-13(8-12)16(18)19/h2-8,10H,9H2,1H3,(H3,18,19)(H,20,21,22). The van der Waals surface area contributed by atoms with Gasteiger partial charge in [-0.25, -0.2) is 9.97 Å². The third-order valence-corrected chi connectivity index (χ3v) is 3.49. The Kier molecular flexibility index (Phi) is 3.70. The van der Waals surface area contributed by atoms with E-state index >= 15 is 0 Å². The quantitative estimate of drug-likeness (QED) is 0.509. The third-order valence-electron chi connectivity index (χ3n) is 3.49. The van der Waals surface area contributed by atoms with E-state index in [1.54, 1.807) is 6.33 Å². The van der Waals surface area contributed by atoms with Gasteiger partial charge in [0.15, 0.2) is 0 Å². The fraction of sp³-hybridized carbons (Fsp3) is 0.118. The molecule has 0 saturated carbocycles. The first kappa shape index (κ1) is 14.0. The van der Waals surface area contributed by atoms with Crippen LogP contribution < -0.4 is 11.1 Å². The van der Waals surface area contributed by atoms with Crippen molar-refractivity contribution >= 4 is 22.6 Å². The van der Waals surface area contributed by atoms with Gasteiger partial charge in [-0.2, -0.15) is 0 Å². The van der Waals surface area contributed by atoms with Gasteiger partial charge < -0.3 is 11.1 Å². The Morgan fingerprint density at radius 3 is 2.86 bits per heavy atom. The van der Waals surface area contributed by atoms with Crippen LogP contribution in [0.15, 0.2) is 48.8 Å². The summed E-state index contributed by atoms with van der Waals surface area (Å²) in [5.41, 5.74) is 9.39. The fourth-order valence-corrected chi connectivity index (χ4v) is 2.34. The number of aryl methyl sites for hydroxylation is 1. The highest BCUT2D eigenvalue weighted by molar-refractivity contribution is 5.95. The minimum atomic E-state index is 0.0739. The summed E-state index contributed by atoms with van der Waals surface area (Å²) in [6, 6.07) is 13.7. The van der Waals surface area contributed by atoms with E-state index in [0.29, 0.717) is 6.54 Å². The number of nitrogens with one attached hydrogen (secondary N) is 2. The molecule has 5 heteroatoms. The van der Waals surface area contributed by atoms with Crippen LogP contribution in [0.25, 0.3) is 10.9 Å². The number of nitrogens with zero attached hydrogens (tertiary/aromatic N) is 2. The van der Waals surface area contributed by atoms with Gasteiger partial charge >= 0.3 is 0 Å². The summed E-state index contributed by atoms with van der Waals surface area (Å²) in [5.74, 6) is 0.878. The van der Waals surface area contributed by atoms with Gasteiger partial charge in [-0.3, -0.25) is 5.41 Å². The van der Waals surface area contributed by atoms with Crippen molar-refractivity contribution in [2.24, 2.45) is 5.73 Å². The first-order valence-corrected chi connectivity index (χ1v) is 7.02. The van der Waals surface area contributed by atoms with Gasteiger partial charge in [-0.15, -0.1) is 0 Å². The van der Waals surface area contributed by atoms with Crippen LogP contribution in [-0.4, -0.2) is 15.8 Å². The van der Waals surface area contributed by atoms with Crippen LogP contribution in [0.4, 0.5) is 5.82 Å². The molecule has 0 aliphatic rings. The Balaban J connectivity index is 1.85. The minimum absolute atomic E-state index is 0.0739. The average Bonchev–Trinajstić information content (AvgIpc) is 2.52. The maximum atomic E-state index is 7.49. The molecular formula is C17H17N5. The van der Waals surface area contributed by atoms with Crippen LogP contribution in [0, 0.1) is 12.3 Å². The summed E-state index contributed by atoms with van der Waals surface area (Å²) in [5, 5.41) is 11.8. The highest BCUT2D eigenvalue weighted by atomic mass is 15.0. The number of hydrogen-bond acceptors (Lipinski definition) is 4. The van der Waals surface area contributed by atoms with Crippen molar-refractivity contribution in [3.63, 3.8) is 0 Å². The molecule has 5 nitrogen and oxygen atoms in total. The zero-order chi connectivity index (χ0) is 15.5. The average molecular weight is 291 g/mol. The summed E-state index contributed by atoms with van der Waals surface area (Å²) in [7, 11) is 0. The number of benzene rings is 2. The largest absolute Gasteiger partial charge is 0.384 e. The predicted octanol–water partition coefficient (Wildman–Crippen LogP) is 2.83. The van der Waals surface area contributed by atoms with Gasteiger partial charge in [0.1, 0.15) is 18.0 Å². The van der Waals surface area contributed by atoms with E-state index in [1.807, 2.05) is 49.4 Å². The molecule has 0 aliphatic carbocycles. The van der Waals surface area contributed by atoms with Crippen molar-refractivity contribution in [1.29, 1.82) is 5.41 Å². The van der Waals surface area contributed by atoms with Crippen LogP contribution >= 0.6 is 0 Å². The Morgan fingerprint density at radius 1 is 1.18 bits per heavy atom. The molecule has 0 spiro atoms. The first-order valence-electron chi connectivity index (χ1n) is 7.02. The normalized spacial score (nSPS) is 10.6. The molecule has 22 heavy (non-hydrogen) atoms. The van der Waals surface area contributed by atoms with Crippen LogP contribution in [0.1, 0.15) is 16.7 Å². The highest BCUT2D eigenvalue weighted by Gasteiger charge is 2.04. The lowest BCUT2D eigenvalue weighted by molar-refractivity contribution is 1.10. The van der Waals surface area contributed by atoms with E-state index in [4.69, 9.17) is 11.1 Å². The molecule has 4 N–H and O–H groups in total. The molecule has 2 aromatic carbocycles. The number of hydrogen-bond donors (Lipinski definition) is 3. The molecule has 0 bridgehead atoms. The van der Waals surface area contributed by atoms with Gasteiger partial charge in [0, 0.05) is 17.5 Å². The van der Waals surface area contributed by atoms with E-state index in [9.17, 15) is 0 Å². The second-order valence-corrected chi connectivity index (χ2v) is 5.21. The summed E-state index contributed by atoms with van der Waals surface area (Å²) in [6.07, 6.45) is 1.57. The molecule has 0 atom stereocenters. The van der Waals surface area contributed by atoms with Crippen LogP contribution in [0.3, 0.4) is 0 Å². The van der Waals surface area contributed by atoms with E-state index in [2.05, 4.69) is 15.3 Å². The zero-order valence-corrected chi connectivity index (χ0v) is 12.3. The Morgan fingerprint density at radius 2 is 2.05 bits per heavy atom. The maximum absolute atomic E-state index is 7.49. The van der Waals surface area contributed by atoms with Crippen LogP contribution in [-0.2, 0) is 6.54 Å². The monoisotopic (exact) mass is 291 g/mol. The van der Waals surface area contributed by atoms with E-state index < -0.39 is 0 Å². The number of fused-ring (bicyclic) bond motifs is 1. The van der Waals surface area contributed by atoms with Crippen molar-refractivity contribution < 1.29 is 0 Å². The van der Waals surface area contributed by atoms with Gasteiger partial charge in [0.05, 0.1) is 5.52 Å². The molecule has 3 aromatic rings. The van der Waals surface area contributed by atoms with E-state index in [-0.39, 0.29) is 5.84 Å². The lowest BCUT2D eigenvalue weighted by Gasteiger charge is -2.09. The smallest absolute Gasteiger partial charge is 0.137 e. The summed E-state index contributed by atoms with van der Waals surface area (Å²) >= 11 is 0. The van der Waals surface area contributed by atoms with E-state index in [1.165, 1.54) is 5.56 Å². The number of rotatable bonds is 4. The van der Waals surface area contributed by atoms with Crippen LogP contribution in [0.5, 0.6) is 0 Å². The molecule has 110 valence electrons. The number of nitrogen functional groups attached to an aromatic ring is 1. The molecule has 0 amide bonds. The maximum Gasteiger partial charge on any atom is 0.137 e. The molecule has 0 saturated heterocycles. The summed E-state index contributed by atoms with van der Waals surface area (Å²) in [4.78, 5) is 8.62. The first-order chi connectivity index (χ1) is 10.6. The predicted molar refractivity (Wildman–Crippen MR) is 89.1 cm³/mol. The van der Waals surface area contributed by atoms with Crippen molar-refractivity contribution in [3.05, 3.63) is 65.5 Å². The third kappa shape index (κ3) is 2.88. The van der Waals surface area contributed by atoms with Crippen molar-refractivity contribution in [2.45, 2.75) is 13.5 Å². The topological polar surface area (TPSA) is 87.7 Å². The number of anilines is 1. The fourth-order valence-electron chi connectivity index (χ4n) is 2.34. The van der Waals surface area contributed by atoms with Crippen molar-refractivity contribution in [1.82, 2.24) is 9.97 Å². The summed E-state index contributed by atoms with van der Waals surface area (Å²) in [6.45, 7) is 2.66. The van der Waals surface area contributed by atoms with E-state index in [0.717, 1.165) is 27.8 Å². The lowest BCUT2D eigenvalue weighted by atomic mass is 10.1. The second-order valence-electron chi connectivity index (χ2n) is 5.21. The second kappa shape index (κ2) is 5.81. The molecular weight excluding hydrogens is 274 g/mol. The number of amidine groups is 1. The van der Waals surface area contributed by atoms with Crippen molar-refractivity contribution in [3.8, 4) is 0 Å². The Labute approximate surface area is 128 Å². The molecule has 0 radical (unpaired) electrons. The zero-order valence-electron chi connectivity index (χ0n) is 12.3. The van der Waals surface area contributed by atoms with Crippen molar-refractivity contribution in [2.75, 3.05) is 5.32 Å². The SMILES string of the molecule is Cc1ccc2c(NCc3cccc(C(=N)N)c3)ncnc2c1. The molecule has 0 unspecified atom stereocenters. The van der Waals surface area contributed by atoms with Gasteiger partial charge in [-0.05, 0) is 36.2 Å². The number of aromatic nitrogens is 2. The van der Waals surface area contributed by atoms with Gasteiger partial charge in [0.25, 0.3) is 0 Å². The van der Waals surface area contributed by atoms with Crippen LogP contribution in [0.2, 0.25) is 0 Å². The lowest BCUT2D eigenvalue weighted by Crippen LogP contribution is -2.11. The Bertz CT molecular complexity index is 841. The van der Waals surface area contributed by atoms with Gasteiger partial charge in [0.2, 0.25) is 0 Å². The molecule has 1 heterocycles. The van der Waals surface area contributed by atoms with Gasteiger partial charge in [-0.1, -0.05) is 24.3 Å². The molecule has 0 fully saturated rings. The molecule has 0 aliphatic heterocycles. The Hall–Kier alpha value is -2.95. The minimum Gasteiger partial charge on any atom is -0.384 e. The number of nitrogens with two attached hydrogens (primary N) is 1. The highest BCUT2D eigenvalue weighted by Crippen LogP contribution is 2.20. The molecule has 1 aromatic heterocycles.